The Hall–Kier alpha value is -1.83. The number of nitrogen functional groups attached to an aromatic ring is 2. The van der Waals surface area contributed by atoms with Gasteiger partial charge >= 0.3 is 0 Å². The van der Waals surface area contributed by atoms with Crippen LogP contribution in [0.3, 0.4) is 0 Å². The third kappa shape index (κ3) is 1.91. The lowest BCUT2D eigenvalue weighted by atomic mass is 10.3. The van der Waals surface area contributed by atoms with Crippen LogP contribution < -0.4 is 22.3 Å². The van der Waals surface area contributed by atoms with E-state index in [9.17, 15) is 4.79 Å². The van der Waals surface area contributed by atoms with E-state index in [-0.39, 0.29) is 17.3 Å². The Morgan fingerprint density at radius 1 is 1.50 bits per heavy atom. The van der Waals surface area contributed by atoms with E-state index in [1.165, 1.54) is 0 Å². The van der Waals surface area contributed by atoms with Crippen LogP contribution in [0.25, 0.3) is 0 Å². The molecule has 86 valence electrons. The van der Waals surface area contributed by atoms with Gasteiger partial charge in [-0.1, -0.05) is 0 Å². The van der Waals surface area contributed by atoms with E-state index in [0.29, 0.717) is 17.2 Å². The fraction of sp³-hybridized carbons (Fsp3) is 0.375. The summed E-state index contributed by atoms with van der Waals surface area (Å²) in [4.78, 5) is 19.7. The number of hydrogen-bond acceptors (Lipinski definition) is 5. The maximum Gasteiger partial charge on any atom is 0.259 e. The summed E-state index contributed by atoms with van der Waals surface area (Å²) >= 11 is 5.07. The second kappa shape index (κ2) is 3.97. The zero-order valence-corrected chi connectivity index (χ0v) is 9.30. The fourth-order valence-corrected chi connectivity index (χ4v) is 1.80. The highest BCUT2D eigenvalue weighted by atomic mass is 32.1. The summed E-state index contributed by atoms with van der Waals surface area (Å²) in [5.74, 6) is 0.171. The largest absolute Gasteiger partial charge is 0.383 e. The van der Waals surface area contributed by atoms with Crippen molar-refractivity contribution >= 4 is 29.1 Å². The highest BCUT2D eigenvalue weighted by Crippen LogP contribution is 2.09. The number of nitrogens with two attached hydrogens (primary N) is 2. The van der Waals surface area contributed by atoms with Gasteiger partial charge in [0.05, 0.1) is 12.1 Å². The van der Waals surface area contributed by atoms with Gasteiger partial charge in [-0.15, -0.1) is 0 Å². The van der Waals surface area contributed by atoms with Crippen LogP contribution in [0, 0.1) is 0 Å². The summed E-state index contributed by atoms with van der Waals surface area (Å²) in [6.45, 7) is 1.88. The van der Waals surface area contributed by atoms with Crippen molar-refractivity contribution in [3.8, 4) is 0 Å². The number of nitrogens with one attached hydrogen (secondary N) is 2. The van der Waals surface area contributed by atoms with E-state index in [2.05, 4.69) is 15.3 Å². The molecule has 1 aromatic heterocycles. The summed E-state index contributed by atoms with van der Waals surface area (Å²) in [7, 11) is 0. The van der Waals surface area contributed by atoms with Crippen molar-refractivity contribution in [1.82, 2.24) is 20.2 Å². The predicted octanol–water partition coefficient (Wildman–Crippen LogP) is -1.38. The van der Waals surface area contributed by atoms with Gasteiger partial charge in [0, 0.05) is 13.1 Å². The van der Waals surface area contributed by atoms with Crippen LogP contribution in [-0.4, -0.2) is 33.1 Å². The van der Waals surface area contributed by atoms with Gasteiger partial charge < -0.3 is 21.7 Å². The average molecular weight is 240 g/mol. The Morgan fingerprint density at radius 3 is 2.81 bits per heavy atom. The van der Waals surface area contributed by atoms with Gasteiger partial charge in [-0.2, -0.15) is 4.98 Å². The van der Waals surface area contributed by atoms with E-state index in [4.69, 9.17) is 23.7 Å². The molecule has 7 nitrogen and oxygen atoms in total. The summed E-state index contributed by atoms with van der Waals surface area (Å²) in [5.41, 5.74) is 11.1. The molecule has 6 N–H and O–H groups in total. The summed E-state index contributed by atoms with van der Waals surface area (Å²) < 4.78 is 0. The number of aromatic nitrogens is 2. The quantitative estimate of drug-likeness (QED) is 0.471. The molecule has 2 rings (SSSR count). The molecule has 0 aromatic carbocycles. The molecule has 0 aliphatic carbocycles. The molecule has 0 atom stereocenters. The normalized spacial score (nSPS) is 15.2. The van der Waals surface area contributed by atoms with Crippen molar-refractivity contribution in [2.75, 3.05) is 24.6 Å². The zero-order chi connectivity index (χ0) is 11.7. The minimum Gasteiger partial charge on any atom is -0.383 e. The van der Waals surface area contributed by atoms with Crippen molar-refractivity contribution in [3.63, 3.8) is 0 Å². The SMILES string of the molecule is Nc1nc(N)c(CN2CCNC2=S)c(=O)[nH]1. The molecule has 1 aliphatic rings. The Labute approximate surface area is 96.8 Å². The number of aromatic amines is 1. The van der Waals surface area contributed by atoms with E-state index in [1.54, 1.807) is 0 Å². The predicted molar refractivity (Wildman–Crippen MR) is 64.7 cm³/mol. The number of nitrogens with zero attached hydrogens (tertiary/aromatic N) is 2. The summed E-state index contributed by atoms with van der Waals surface area (Å²) in [6.07, 6.45) is 0. The topological polar surface area (TPSA) is 113 Å². The van der Waals surface area contributed by atoms with Crippen LogP contribution in [0.15, 0.2) is 4.79 Å². The lowest BCUT2D eigenvalue weighted by Crippen LogP contribution is -2.31. The first-order chi connectivity index (χ1) is 7.58. The van der Waals surface area contributed by atoms with Crippen molar-refractivity contribution in [3.05, 3.63) is 15.9 Å². The highest BCUT2D eigenvalue weighted by molar-refractivity contribution is 7.80. The standard InChI is InChI=1S/C8H12N6OS/c9-5-4(6(15)13-7(10)12-5)3-14-2-1-11-8(14)16/h1-3H2,(H,11,16)(H5,9,10,12,13,15). The van der Waals surface area contributed by atoms with Gasteiger partial charge in [0.1, 0.15) is 5.82 Å². The molecule has 8 heteroatoms. The summed E-state index contributed by atoms with van der Waals surface area (Å²) in [5, 5.41) is 3.62. The molecule has 0 unspecified atom stereocenters. The van der Waals surface area contributed by atoms with Crippen LogP contribution >= 0.6 is 12.2 Å². The molecule has 0 bridgehead atoms. The minimum absolute atomic E-state index is 0.0216. The Bertz CT molecular complexity index is 484. The van der Waals surface area contributed by atoms with Gasteiger partial charge in [0.25, 0.3) is 5.56 Å². The fourth-order valence-electron chi connectivity index (χ4n) is 1.54. The number of anilines is 2. The molecule has 0 radical (unpaired) electrons. The van der Waals surface area contributed by atoms with Gasteiger partial charge in [0.15, 0.2) is 5.11 Å². The molecule has 0 saturated carbocycles. The minimum atomic E-state index is -0.320. The van der Waals surface area contributed by atoms with Gasteiger partial charge in [-0.3, -0.25) is 9.78 Å². The molecule has 1 aliphatic heterocycles. The van der Waals surface area contributed by atoms with Crippen molar-refractivity contribution in [2.24, 2.45) is 0 Å². The first-order valence-corrected chi connectivity index (χ1v) is 5.15. The number of rotatable bonds is 2. The Kier molecular flexibility index (Phi) is 2.65. The van der Waals surface area contributed by atoms with E-state index < -0.39 is 0 Å². The van der Waals surface area contributed by atoms with Gasteiger partial charge in [0.2, 0.25) is 5.95 Å². The van der Waals surface area contributed by atoms with Crippen molar-refractivity contribution in [1.29, 1.82) is 0 Å². The zero-order valence-electron chi connectivity index (χ0n) is 8.49. The molecule has 0 amide bonds. The van der Waals surface area contributed by atoms with E-state index >= 15 is 0 Å². The molecule has 1 fully saturated rings. The highest BCUT2D eigenvalue weighted by Gasteiger charge is 2.19. The lowest BCUT2D eigenvalue weighted by molar-refractivity contribution is 0.461. The monoisotopic (exact) mass is 240 g/mol. The van der Waals surface area contributed by atoms with E-state index in [0.717, 1.165) is 13.1 Å². The molecule has 1 aromatic rings. The first-order valence-electron chi connectivity index (χ1n) is 4.75. The third-order valence-electron chi connectivity index (χ3n) is 2.36. The molecule has 0 spiro atoms. The van der Waals surface area contributed by atoms with Gasteiger partial charge in [-0.05, 0) is 12.2 Å². The smallest absolute Gasteiger partial charge is 0.259 e. The molecular weight excluding hydrogens is 228 g/mol. The maximum atomic E-state index is 11.6. The molecule has 1 saturated heterocycles. The summed E-state index contributed by atoms with van der Waals surface area (Å²) in [6, 6.07) is 0. The van der Waals surface area contributed by atoms with Crippen molar-refractivity contribution < 1.29 is 0 Å². The van der Waals surface area contributed by atoms with Gasteiger partial charge in [-0.25, -0.2) is 0 Å². The first kappa shape index (κ1) is 10.7. The lowest BCUT2D eigenvalue weighted by Gasteiger charge is -2.16. The maximum absolute atomic E-state index is 11.6. The Morgan fingerprint density at radius 2 is 2.25 bits per heavy atom. The number of hydrogen-bond donors (Lipinski definition) is 4. The molecule has 16 heavy (non-hydrogen) atoms. The second-order valence-electron chi connectivity index (χ2n) is 3.47. The number of H-pyrrole nitrogens is 1. The van der Waals surface area contributed by atoms with Crippen LogP contribution in [0.5, 0.6) is 0 Å². The van der Waals surface area contributed by atoms with Crippen molar-refractivity contribution in [2.45, 2.75) is 6.54 Å². The molecule has 2 heterocycles. The van der Waals surface area contributed by atoms with Crippen LogP contribution in [0.1, 0.15) is 5.56 Å². The van der Waals surface area contributed by atoms with E-state index in [1.807, 2.05) is 4.90 Å². The molecular formula is C8H12N6OS. The van der Waals surface area contributed by atoms with Crippen LogP contribution in [0.2, 0.25) is 0 Å². The Balaban J connectivity index is 2.28. The number of thiocarbonyl (C=S) groups is 1. The third-order valence-corrected chi connectivity index (χ3v) is 2.76. The van der Waals surface area contributed by atoms with Crippen LogP contribution in [0.4, 0.5) is 11.8 Å². The second-order valence-corrected chi connectivity index (χ2v) is 3.86. The average Bonchev–Trinajstić information content (AvgIpc) is 2.57. The van der Waals surface area contributed by atoms with Crippen LogP contribution in [-0.2, 0) is 6.54 Å².